The van der Waals surface area contributed by atoms with Gasteiger partial charge in [-0.25, -0.2) is 12.7 Å². The van der Waals surface area contributed by atoms with E-state index in [1.807, 2.05) is 36.1 Å². The first kappa shape index (κ1) is 20.3. The normalized spacial score (nSPS) is 20.0. The standard InChI is InChI=1S/C20H30N2O4S/c1-2-15-27(24,25)22-9-7-18(8-10-22)16-17-3-5-19(6-4-17)20(23)21-11-13-26-14-12-21/h3-6,18H,2,7-16H2,1H3. The lowest BCUT2D eigenvalue weighted by molar-refractivity contribution is 0.0303. The number of sulfonamides is 1. The third kappa shape index (κ3) is 5.30. The van der Waals surface area contributed by atoms with Gasteiger partial charge in [-0.05, 0) is 49.3 Å². The van der Waals surface area contributed by atoms with Crippen LogP contribution in [0.5, 0.6) is 0 Å². The molecule has 0 saturated carbocycles. The molecule has 0 aromatic heterocycles. The summed E-state index contributed by atoms with van der Waals surface area (Å²) in [6.07, 6.45) is 3.40. The topological polar surface area (TPSA) is 66.9 Å². The number of hydrogen-bond donors (Lipinski definition) is 0. The first-order chi connectivity index (χ1) is 13.0. The molecule has 0 atom stereocenters. The van der Waals surface area contributed by atoms with Crippen molar-refractivity contribution in [1.82, 2.24) is 9.21 Å². The molecule has 3 rings (SSSR count). The maximum absolute atomic E-state index is 12.5. The van der Waals surface area contributed by atoms with Gasteiger partial charge in [-0.15, -0.1) is 0 Å². The lowest BCUT2D eigenvalue weighted by atomic mass is 9.90. The van der Waals surface area contributed by atoms with Crippen LogP contribution in [0.4, 0.5) is 0 Å². The summed E-state index contributed by atoms with van der Waals surface area (Å²) in [7, 11) is -3.07. The minimum Gasteiger partial charge on any atom is -0.378 e. The second-order valence-corrected chi connectivity index (χ2v) is 9.55. The third-order valence-corrected chi connectivity index (χ3v) is 7.53. The van der Waals surface area contributed by atoms with Crippen molar-refractivity contribution in [1.29, 1.82) is 0 Å². The molecule has 0 spiro atoms. The van der Waals surface area contributed by atoms with E-state index in [9.17, 15) is 13.2 Å². The van der Waals surface area contributed by atoms with Gasteiger partial charge in [0, 0.05) is 31.7 Å². The molecule has 150 valence electrons. The van der Waals surface area contributed by atoms with Crippen molar-refractivity contribution in [3.05, 3.63) is 35.4 Å². The fraction of sp³-hybridized carbons (Fsp3) is 0.650. The molecule has 0 unspecified atom stereocenters. The molecule has 7 heteroatoms. The van der Waals surface area contributed by atoms with Crippen molar-refractivity contribution in [3.63, 3.8) is 0 Å². The highest BCUT2D eigenvalue weighted by Crippen LogP contribution is 2.24. The Labute approximate surface area is 162 Å². The molecule has 27 heavy (non-hydrogen) atoms. The molecular weight excluding hydrogens is 364 g/mol. The number of nitrogens with zero attached hydrogens (tertiary/aromatic N) is 2. The minimum atomic E-state index is -3.07. The monoisotopic (exact) mass is 394 g/mol. The highest BCUT2D eigenvalue weighted by Gasteiger charge is 2.27. The zero-order valence-corrected chi connectivity index (χ0v) is 16.9. The number of benzene rings is 1. The SMILES string of the molecule is CCCS(=O)(=O)N1CCC(Cc2ccc(C(=O)N3CCOCC3)cc2)CC1. The van der Waals surface area contributed by atoms with Crippen LogP contribution in [-0.2, 0) is 21.2 Å². The Kier molecular flexibility index (Phi) is 6.89. The van der Waals surface area contributed by atoms with Crippen molar-refractivity contribution < 1.29 is 17.9 Å². The fourth-order valence-electron chi connectivity index (χ4n) is 3.84. The van der Waals surface area contributed by atoms with Crippen LogP contribution < -0.4 is 0 Å². The average Bonchev–Trinajstić information content (AvgIpc) is 2.69. The largest absolute Gasteiger partial charge is 0.378 e. The van der Waals surface area contributed by atoms with Crippen molar-refractivity contribution in [2.24, 2.45) is 5.92 Å². The van der Waals surface area contributed by atoms with Gasteiger partial charge in [0.25, 0.3) is 5.91 Å². The van der Waals surface area contributed by atoms with Crippen LogP contribution in [0.2, 0.25) is 0 Å². The number of rotatable bonds is 6. The first-order valence-electron chi connectivity index (χ1n) is 9.93. The van der Waals surface area contributed by atoms with Gasteiger partial charge in [0.1, 0.15) is 0 Å². The van der Waals surface area contributed by atoms with E-state index in [0.717, 1.165) is 24.8 Å². The van der Waals surface area contributed by atoms with E-state index >= 15 is 0 Å². The van der Waals surface area contributed by atoms with Crippen LogP contribution in [0, 0.1) is 5.92 Å². The molecule has 2 aliphatic heterocycles. The quantitative estimate of drug-likeness (QED) is 0.742. The Balaban J connectivity index is 1.51. The predicted octanol–water partition coefficient (Wildman–Crippen LogP) is 2.15. The Morgan fingerprint density at radius 1 is 1.07 bits per heavy atom. The zero-order valence-electron chi connectivity index (χ0n) is 16.1. The van der Waals surface area contributed by atoms with Crippen LogP contribution in [0.1, 0.15) is 42.1 Å². The Morgan fingerprint density at radius 2 is 1.70 bits per heavy atom. The van der Waals surface area contributed by atoms with Crippen LogP contribution in [-0.4, -0.2) is 68.7 Å². The number of carbonyl (C=O) groups excluding carboxylic acids is 1. The molecule has 0 radical (unpaired) electrons. The van der Waals surface area contributed by atoms with Crippen LogP contribution in [0.25, 0.3) is 0 Å². The van der Waals surface area contributed by atoms with E-state index < -0.39 is 10.0 Å². The summed E-state index contributed by atoms with van der Waals surface area (Å²) < 4.78 is 31.3. The molecule has 0 aliphatic carbocycles. The van der Waals surface area contributed by atoms with E-state index in [2.05, 4.69) is 0 Å². The van der Waals surface area contributed by atoms with E-state index in [1.165, 1.54) is 5.56 Å². The number of hydrogen-bond acceptors (Lipinski definition) is 4. The molecule has 1 aromatic rings. The smallest absolute Gasteiger partial charge is 0.254 e. The molecule has 0 bridgehead atoms. The van der Waals surface area contributed by atoms with Crippen LogP contribution >= 0.6 is 0 Å². The summed E-state index contributed by atoms with van der Waals surface area (Å²) >= 11 is 0. The Morgan fingerprint density at radius 3 is 2.30 bits per heavy atom. The van der Waals surface area contributed by atoms with E-state index in [1.54, 1.807) is 4.31 Å². The maximum atomic E-state index is 12.5. The minimum absolute atomic E-state index is 0.0688. The van der Waals surface area contributed by atoms with Crippen molar-refractivity contribution >= 4 is 15.9 Å². The highest BCUT2D eigenvalue weighted by atomic mass is 32.2. The lowest BCUT2D eigenvalue weighted by Gasteiger charge is -2.31. The number of morpholine rings is 1. The van der Waals surface area contributed by atoms with Gasteiger partial charge in [-0.3, -0.25) is 4.79 Å². The Bertz CT molecular complexity index is 719. The zero-order chi connectivity index (χ0) is 19.3. The van der Waals surface area contributed by atoms with E-state index in [4.69, 9.17) is 4.74 Å². The van der Waals surface area contributed by atoms with Crippen molar-refractivity contribution in [2.75, 3.05) is 45.1 Å². The van der Waals surface area contributed by atoms with Gasteiger partial charge < -0.3 is 9.64 Å². The van der Waals surface area contributed by atoms with Crippen molar-refractivity contribution in [3.8, 4) is 0 Å². The second-order valence-electron chi connectivity index (χ2n) is 7.46. The summed E-state index contributed by atoms with van der Waals surface area (Å²) in [5.41, 5.74) is 1.93. The van der Waals surface area contributed by atoms with Gasteiger partial charge in [0.05, 0.1) is 19.0 Å². The average molecular weight is 395 g/mol. The molecule has 6 nitrogen and oxygen atoms in total. The lowest BCUT2D eigenvalue weighted by Crippen LogP contribution is -2.40. The fourth-order valence-corrected chi connectivity index (χ4v) is 5.39. The molecular formula is C20H30N2O4S. The third-order valence-electron chi connectivity index (χ3n) is 5.45. The molecule has 2 saturated heterocycles. The molecule has 2 fully saturated rings. The molecule has 1 amide bonds. The molecule has 2 aliphatic rings. The van der Waals surface area contributed by atoms with Gasteiger partial charge in [0.2, 0.25) is 10.0 Å². The summed E-state index contributed by atoms with van der Waals surface area (Å²) in [5, 5.41) is 0. The maximum Gasteiger partial charge on any atom is 0.254 e. The van der Waals surface area contributed by atoms with Gasteiger partial charge in [0.15, 0.2) is 0 Å². The summed E-state index contributed by atoms with van der Waals surface area (Å²) in [6.45, 7) is 5.67. The predicted molar refractivity (Wildman–Crippen MR) is 105 cm³/mol. The van der Waals surface area contributed by atoms with Crippen LogP contribution in [0.3, 0.4) is 0 Å². The van der Waals surface area contributed by atoms with Crippen molar-refractivity contribution in [2.45, 2.75) is 32.6 Å². The number of piperidine rings is 1. The summed E-state index contributed by atoms with van der Waals surface area (Å²) in [4.78, 5) is 14.3. The summed E-state index contributed by atoms with van der Waals surface area (Å²) in [6, 6.07) is 7.89. The number of carbonyl (C=O) groups is 1. The van der Waals surface area contributed by atoms with Crippen LogP contribution in [0.15, 0.2) is 24.3 Å². The highest BCUT2D eigenvalue weighted by molar-refractivity contribution is 7.89. The second kappa shape index (κ2) is 9.17. The number of ether oxygens (including phenoxy) is 1. The number of amides is 1. The summed E-state index contributed by atoms with van der Waals surface area (Å²) in [5.74, 6) is 0.814. The van der Waals surface area contributed by atoms with E-state index in [-0.39, 0.29) is 11.7 Å². The van der Waals surface area contributed by atoms with Gasteiger partial charge in [-0.2, -0.15) is 0 Å². The molecule has 0 N–H and O–H groups in total. The first-order valence-corrected chi connectivity index (χ1v) is 11.5. The van der Waals surface area contributed by atoms with Gasteiger partial charge >= 0.3 is 0 Å². The Hall–Kier alpha value is -1.44. The van der Waals surface area contributed by atoms with E-state index in [0.29, 0.717) is 51.7 Å². The molecule has 1 aromatic carbocycles. The molecule has 2 heterocycles. The van der Waals surface area contributed by atoms with Gasteiger partial charge in [-0.1, -0.05) is 19.1 Å².